The zero-order valence-electron chi connectivity index (χ0n) is 9.18. The third-order valence-electron chi connectivity index (χ3n) is 3.12. The normalized spacial score (nSPS) is 14.9. The number of aliphatic carboxylic acids is 2. The van der Waals surface area contributed by atoms with E-state index in [2.05, 4.69) is 0 Å². The summed E-state index contributed by atoms with van der Waals surface area (Å²) in [5, 5.41) is 19.6. The highest BCUT2D eigenvalue weighted by molar-refractivity contribution is 6.18. The molecule has 0 spiro atoms. The van der Waals surface area contributed by atoms with Crippen molar-refractivity contribution in [1.29, 1.82) is 0 Å². The summed E-state index contributed by atoms with van der Waals surface area (Å²) in [6.07, 6.45) is 6.42. The Bertz CT molecular complexity index is 779. The molecule has 4 nitrogen and oxygen atoms in total. The highest BCUT2D eigenvalue weighted by Gasteiger charge is 2.19. The lowest BCUT2D eigenvalue weighted by Gasteiger charge is -2.00. The van der Waals surface area contributed by atoms with Crippen LogP contribution < -0.4 is 10.4 Å². The Morgan fingerprint density at radius 1 is 0.889 bits per heavy atom. The zero-order valence-corrected chi connectivity index (χ0v) is 9.18. The number of rotatable bonds is 2. The van der Waals surface area contributed by atoms with Gasteiger partial charge in [-0.2, -0.15) is 0 Å². The minimum atomic E-state index is -0.982. The summed E-state index contributed by atoms with van der Waals surface area (Å²) in [4.78, 5) is 22.0. The molecule has 3 rings (SSSR count). The van der Waals surface area contributed by atoms with Gasteiger partial charge in [-0.15, -0.1) is 0 Å². The van der Waals surface area contributed by atoms with Gasteiger partial charge in [0.2, 0.25) is 0 Å². The van der Waals surface area contributed by atoms with E-state index < -0.39 is 11.9 Å². The van der Waals surface area contributed by atoms with Crippen LogP contribution in [-0.2, 0) is 9.59 Å². The number of carbonyl (C=O) groups is 2. The monoisotopic (exact) mass is 240 g/mol. The minimum absolute atomic E-state index is 0.218. The van der Waals surface area contributed by atoms with Gasteiger partial charge in [0.05, 0.1) is 11.1 Å². The van der Waals surface area contributed by atoms with Gasteiger partial charge in [0.1, 0.15) is 0 Å². The Kier molecular flexibility index (Phi) is 2.01. The molecule has 88 valence electrons. The van der Waals surface area contributed by atoms with E-state index in [0.29, 0.717) is 5.56 Å². The number of hydrogen-bond acceptors (Lipinski definition) is 2. The SMILES string of the molecule is O=C(O)C1=Cc2ccc3c(c2=C1)=CC=C3C(=O)O. The van der Waals surface area contributed by atoms with Crippen LogP contribution in [0.4, 0.5) is 0 Å². The number of hydrogen-bond donors (Lipinski definition) is 2. The van der Waals surface area contributed by atoms with Gasteiger partial charge in [-0.1, -0.05) is 18.2 Å². The molecule has 0 saturated carbocycles. The molecule has 0 atom stereocenters. The summed E-state index contributed by atoms with van der Waals surface area (Å²) in [6, 6.07) is 3.46. The molecule has 0 amide bonds. The summed E-state index contributed by atoms with van der Waals surface area (Å²) in [5.41, 5.74) is 1.90. The number of carboxylic acid groups (broad SMARTS) is 2. The van der Waals surface area contributed by atoms with E-state index in [4.69, 9.17) is 10.2 Å². The van der Waals surface area contributed by atoms with Crippen molar-refractivity contribution in [2.75, 3.05) is 0 Å². The predicted molar refractivity (Wildman–Crippen MR) is 65.8 cm³/mol. The minimum Gasteiger partial charge on any atom is -0.478 e. The van der Waals surface area contributed by atoms with Crippen LogP contribution in [0.15, 0.2) is 23.8 Å². The van der Waals surface area contributed by atoms with Crippen molar-refractivity contribution in [2.24, 2.45) is 0 Å². The number of benzene rings is 1. The van der Waals surface area contributed by atoms with Crippen LogP contribution >= 0.6 is 0 Å². The molecule has 2 aliphatic rings. The maximum Gasteiger partial charge on any atom is 0.336 e. The number of fused-ring (bicyclic) bond motifs is 3. The summed E-state index contributed by atoms with van der Waals surface area (Å²) in [5.74, 6) is -1.96. The van der Waals surface area contributed by atoms with Crippen LogP contribution in [-0.4, -0.2) is 22.2 Å². The average molecular weight is 240 g/mol. The first-order chi connectivity index (χ1) is 8.58. The summed E-state index contributed by atoms with van der Waals surface area (Å²) in [7, 11) is 0. The first kappa shape index (κ1) is 10.5. The summed E-state index contributed by atoms with van der Waals surface area (Å²) in [6.45, 7) is 0. The molecule has 0 fully saturated rings. The number of carboxylic acids is 2. The molecular weight excluding hydrogens is 232 g/mol. The quantitative estimate of drug-likeness (QED) is 0.775. The fraction of sp³-hybridized carbons (Fsp3) is 0. The maximum atomic E-state index is 11.0. The van der Waals surface area contributed by atoms with Crippen molar-refractivity contribution >= 4 is 35.7 Å². The molecule has 0 saturated heterocycles. The van der Waals surface area contributed by atoms with Gasteiger partial charge in [0.15, 0.2) is 0 Å². The van der Waals surface area contributed by atoms with E-state index in [-0.39, 0.29) is 11.1 Å². The average Bonchev–Trinajstić information content (AvgIpc) is 2.91. The van der Waals surface area contributed by atoms with Crippen LogP contribution in [0.3, 0.4) is 0 Å². The van der Waals surface area contributed by atoms with E-state index in [1.54, 1.807) is 36.4 Å². The Hall–Kier alpha value is -2.62. The summed E-state index contributed by atoms with van der Waals surface area (Å²) >= 11 is 0. The van der Waals surface area contributed by atoms with E-state index >= 15 is 0 Å². The summed E-state index contributed by atoms with van der Waals surface area (Å²) < 4.78 is 0. The predicted octanol–water partition coefficient (Wildman–Crippen LogP) is 0.211. The highest BCUT2D eigenvalue weighted by Crippen LogP contribution is 2.17. The Morgan fingerprint density at radius 3 is 2.33 bits per heavy atom. The molecule has 18 heavy (non-hydrogen) atoms. The van der Waals surface area contributed by atoms with Crippen molar-refractivity contribution in [3.8, 4) is 0 Å². The fourth-order valence-corrected chi connectivity index (χ4v) is 2.29. The standard InChI is InChI=1S/C14H8O4/c15-13(16)8-5-7-1-2-9-10(12(7)6-8)3-4-11(9)14(17)18/h1-6H,(H,15,16)(H,17,18). The van der Waals surface area contributed by atoms with Crippen LogP contribution in [0.25, 0.3) is 23.8 Å². The van der Waals surface area contributed by atoms with Crippen molar-refractivity contribution in [3.63, 3.8) is 0 Å². The van der Waals surface area contributed by atoms with E-state index in [1.807, 2.05) is 0 Å². The van der Waals surface area contributed by atoms with Crippen LogP contribution in [0.5, 0.6) is 0 Å². The molecule has 2 aliphatic carbocycles. The lowest BCUT2D eigenvalue weighted by molar-refractivity contribution is -0.132. The third kappa shape index (κ3) is 1.32. The van der Waals surface area contributed by atoms with Crippen LogP contribution in [0.1, 0.15) is 11.1 Å². The molecule has 0 unspecified atom stereocenters. The smallest absolute Gasteiger partial charge is 0.336 e. The van der Waals surface area contributed by atoms with Gasteiger partial charge in [-0.3, -0.25) is 0 Å². The third-order valence-corrected chi connectivity index (χ3v) is 3.12. The Morgan fingerprint density at radius 2 is 1.67 bits per heavy atom. The molecule has 2 N–H and O–H groups in total. The fourth-order valence-electron chi connectivity index (χ4n) is 2.29. The maximum absolute atomic E-state index is 11.0. The molecule has 0 bridgehead atoms. The van der Waals surface area contributed by atoms with Crippen molar-refractivity contribution < 1.29 is 19.8 Å². The van der Waals surface area contributed by atoms with E-state index in [9.17, 15) is 9.59 Å². The zero-order chi connectivity index (χ0) is 12.9. The molecule has 1 aromatic rings. The topological polar surface area (TPSA) is 74.6 Å². The van der Waals surface area contributed by atoms with Gasteiger partial charge >= 0.3 is 11.9 Å². The Balaban J connectivity index is 2.25. The molecule has 4 heteroatoms. The second kappa shape index (κ2) is 3.43. The molecule has 1 aromatic carbocycles. The first-order valence-corrected chi connectivity index (χ1v) is 5.33. The van der Waals surface area contributed by atoms with E-state index in [0.717, 1.165) is 16.0 Å². The lowest BCUT2D eigenvalue weighted by atomic mass is 10.0. The highest BCUT2D eigenvalue weighted by atomic mass is 16.4. The largest absolute Gasteiger partial charge is 0.478 e. The molecule has 0 heterocycles. The second-order valence-electron chi connectivity index (χ2n) is 4.13. The molecule has 0 aromatic heterocycles. The first-order valence-electron chi connectivity index (χ1n) is 5.33. The number of allylic oxidation sites excluding steroid dienone is 1. The van der Waals surface area contributed by atoms with Gasteiger partial charge in [0, 0.05) is 0 Å². The van der Waals surface area contributed by atoms with Gasteiger partial charge in [0.25, 0.3) is 0 Å². The van der Waals surface area contributed by atoms with Gasteiger partial charge in [-0.05, 0) is 39.8 Å². The van der Waals surface area contributed by atoms with E-state index in [1.165, 1.54) is 0 Å². The van der Waals surface area contributed by atoms with Gasteiger partial charge < -0.3 is 10.2 Å². The lowest BCUT2D eigenvalue weighted by Crippen LogP contribution is -2.28. The molecule has 0 aliphatic heterocycles. The molecule has 0 radical (unpaired) electrons. The van der Waals surface area contributed by atoms with Crippen molar-refractivity contribution in [3.05, 3.63) is 45.3 Å². The second-order valence-corrected chi connectivity index (χ2v) is 4.13. The Labute approximate surface area is 101 Å². The molecular formula is C14H8O4. The van der Waals surface area contributed by atoms with Gasteiger partial charge in [-0.25, -0.2) is 9.59 Å². The van der Waals surface area contributed by atoms with Crippen molar-refractivity contribution in [2.45, 2.75) is 0 Å². The van der Waals surface area contributed by atoms with Crippen LogP contribution in [0.2, 0.25) is 0 Å². The van der Waals surface area contributed by atoms with Crippen molar-refractivity contribution in [1.82, 2.24) is 0 Å². The van der Waals surface area contributed by atoms with Crippen LogP contribution in [0, 0.1) is 0 Å².